The number of phenols is 1. The summed E-state index contributed by atoms with van der Waals surface area (Å²) >= 11 is 0. The maximum absolute atomic E-state index is 14.2. The lowest BCUT2D eigenvalue weighted by molar-refractivity contribution is -0.152. The summed E-state index contributed by atoms with van der Waals surface area (Å²) in [6, 6.07) is 30.6. The van der Waals surface area contributed by atoms with Crippen LogP contribution >= 0.6 is 0 Å². The van der Waals surface area contributed by atoms with Crippen molar-refractivity contribution in [3.8, 4) is 16.9 Å². The number of amides is 3. The van der Waals surface area contributed by atoms with Gasteiger partial charge < -0.3 is 40.6 Å². The first-order chi connectivity index (χ1) is 34.6. The maximum atomic E-state index is 14.2. The van der Waals surface area contributed by atoms with E-state index in [9.17, 15) is 19.2 Å². The Morgan fingerprint density at radius 1 is 0.708 bits per heavy atom. The minimum atomic E-state index is -0.676. The number of carbonyl (C=O) groups excluding carboxylic acids is 4. The molecule has 2 aliphatic rings. The highest BCUT2D eigenvalue weighted by molar-refractivity contribution is 5.83. The van der Waals surface area contributed by atoms with Crippen molar-refractivity contribution in [3.05, 3.63) is 136 Å². The molecule has 2 atom stereocenters. The van der Waals surface area contributed by atoms with Gasteiger partial charge in [0.2, 0.25) is 5.91 Å². The molecule has 0 saturated heterocycles. The Morgan fingerprint density at radius 2 is 1.32 bits per heavy atom. The second kappa shape index (κ2) is 30.6. The number of carbonyl (C=O) groups is 4. The number of hydrogen-bond donors (Lipinski definition) is 5. The lowest BCUT2D eigenvalue weighted by atomic mass is 9.86. The average Bonchev–Trinajstić information content (AvgIpc) is 3.67. The minimum Gasteiger partial charge on any atom is -0.508 e. The lowest BCUT2D eigenvalue weighted by Crippen LogP contribution is -2.50. The predicted molar refractivity (Wildman–Crippen MR) is 289 cm³/mol. The van der Waals surface area contributed by atoms with Crippen LogP contribution in [0.4, 0.5) is 9.59 Å². The Balaban J connectivity index is 0.000000910. The Morgan fingerprint density at radius 3 is 1.88 bits per heavy atom. The molecule has 0 bridgehead atoms. The second-order valence-corrected chi connectivity index (χ2v) is 19.6. The van der Waals surface area contributed by atoms with Gasteiger partial charge in [-0.1, -0.05) is 150 Å². The Bertz CT molecular complexity index is 2280. The van der Waals surface area contributed by atoms with E-state index >= 15 is 0 Å². The highest BCUT2D eigenvalue weighted by atomic mass is 16.6. The first-order valence-corrected chi connectivity index (χ1v) is 26.5. The third kappa shape index (κ3) is 19.4. The Kier molecular flexibility index (Phi) is 24.7. The van der Waals surface area contributed by atoms with Crippen molar-refractivity contribution < 1.29 is 38.5 Å². The Labute approximate surface area is 430 Å². The van der Waals surface area contributed by atoms with Crippen LogP contribution in [0.5, 0.6) is 5.75 Å². The molecule has 6 rings (SSSR count). The SMILES string of the molecule is CC.CCCCC(CCCC)OC(=O)C(CCCCNC(=O)OC(C)(C)C)NC(=C1CCC1)C(Cc1ccccc1)NC(=O)CNC(=O)OCC1c2ccccc2-c2ccccc21.Cc1ccc(O)c(C)c1. The number of ether oxygens (including phenoxy) is 3. The third-order valence-corrected chi connectivity index (χ3v) is 12.6. The molecule has 4 aromatic rings. The minimum absolute atomic E-state index is 0.0978. The summed E-state index contributed by atoms with van der Waals surface area (Å²) in [6.07, 6.45) is 9.20. The van der Waals surface area contributed by atoms with E-state index < -0.39 is 29.9 Å². The van der Waals surface area contributed by atoms with E-state index in [1.165, 1.54) is 5.56 Å². The van der Waals surface area contributed by atoms with Crippen LogP contribution in [-0.2, 0) is 30.2 Å². The van der Waals surface area contributed by atoms with E-state index in [1.54, 1.807) is 6.07 Å². The molecule has 0 aliphatic heterocycles. The Hall–Kier alpha value is -6.30. The van der Waals surface area contributed by atoms with Crippen molar-refractivity contribution in [2.24, 2.45) is 0 Å². The van der Waals surface area contributed by atoms with Crippen LogP contribution < -0.4 is 21.3 Å². The van der Waals surface area contributed by atoms with Crippen LogP contribution in [-0.4, -0.2) is 72.7 Å². The van der Waals surface area contributed by atoms with Crippen molar-refractivity contribution >= 4 is 24.1 Å². The first kappa shape index (κ1) is 58.3. The average molecular weight is 989 g/mol. The van der Waals surface area contributed by atoms with Gasteiger partial charge in [0.05, 0.1) is 6.04 Å². The summed E-state index contributed by atoms with van der Waals surface area (Å²) in [5.74, 6) is -0.406. The molecule has 1 saturated carbocycles. The van der Waals surface area contributed by atoms with Crippen LogP contribution in [0.25, 0.3) is 11.1 Å². The second-order valence-electron chi connectivity index (χ2n) is 19.6. The molecule has 3 amide bonds. The maximum Gasteiger partial charge on any atom is 0.407 e. The van der Waals surface area contributed by atoms with E-state index in [1.807, 2.05) is 115 Å². The molecule has 5 N–H and O–H groups in total. The van der Waals surface area contributed by atoms with Crippen LogP contribution in [0, 0.1) is 13.8 Å². The number of aryl methyl sites for hydroxylation is 2. The molecule has 12 nitrogen and oxygen atoms in total. The van der Waals surface area contributed by atoms with E-state index in [-0.39, 0.29) is 37.0 Å². The summed E-state index contributed by atoms with van der Waals surface area (Å²) in [7, 11) is 0. The van der Waals surface area contributed by atoms with Gasteiger partial charge in [0.1, 0.15) is 36.6 Å². The monoisotopic (exact) mass is 989 g/mol. The zero-order valence-electron chi connectivity index (χ0n) is 44.7. The summed E-state index contributed by atoms with van der Waals surface area (Å²) < 4.78 is 17.4. The zero-order valence-corrected chi connectivity index (χ0v) is 44.7. The van der Waals surface area contributed by atoms with Gasteiger partial charge in [0.25, 0.3) is 0 Å². The number of benzene rings is 4. The number of alkyl carbamates (subject to hydrolysis) is 2. The molecule has 0 aromatic heterocycles. The number of allylic oxidation sites excluding steroid dienone is 1. The summed E-state index contributed by atoms with van der Waals surface area (Å²) in [6.45, 7) is 17.9. The molecular weight excluding hydrogens is 905 g/mol. The van der Waals surface area contributed by atoms with E-state index in [2.05, 4.69) is 59.4 Å². The summed E-state index contributed by atoms with van der Waals surface area (Å²) in [5.41, 5.74) is 9.02. The standard InChI is InChI=1S/C50H68N4O7.C8H10O.C2H6/c1-6-8-24-37(25-9-7-2)60-47(56)43(30-17-18-31-51-49(58)61-50(3,4)5)54-46(36-22-19-23-36)44(32-35-20-11-10-12-21-35)53-45(55)33-52-48(57)59-34-42-40-28-15-13-26-38(40)39-27-14-16-29-41(39)42;1-6-3-4-8(9)7(2)5-6;1-2/h10-16,20-21,26-29,37,42-44,54H,6-9,17-19,22-25,30-34H2,1-5H3,(H,51,58)(H,52,57)(H,53,55);3-5,9H,1-2H3;1-2H3. The number of fused-ring (bicyclic) bond motifs is 3. The molecule has 0 heterocycles. The largest absolute Gasteiger partial charge is 0.508 e. The van der Waals surface area contributed by atoms with E-state index in [4.69, 9.17) is 19.3 Å². The smallest absolute Gasteiger partial charge is 0.407 e. The van der Waals surface area contributed by atoms with Gasteiger partial charge >= 0.3 is 18.2 Å². The molecular formula is C60H84N4O8. The van der Waals surface area contributed by atoms with Crippen LogP contribution in [0.2, 0.25) is 0 Å². The number of unbranched alkanes of at least 4 members (excludes halogenated alkanes) is 3. The predicted octanol–water partition coefficient (Wildman–Crippen LogP) is 12.7. The van der Waals surface area contributed by atoms with Crippen molar-refractivity contribution in [1.82, 2.24) is 21.3 Å². The number of esters is 1. The van der Waals surface area contributed by atoms with Gasteiger partial charge in [-0.25, -0.2) is 14.4 Å². The van der Waals surface area contributed by atoms with Crippen LogP contribution in [0.1, 0.15) is 159 Å². The third-order valence-electron chi connectivity index (χ3n) is 12.6. The topological polar surface area (TPSA) is 164 Å². The number of phenolic OH excluding ortho intramolecular Hbond substituents is 1. The van der Waals surface area contributed by atoms with Gasteiger partial charge in [-0.3, -0.25) is 4.79 Å². The molecule has 0 spiro atoms. The molecule has 1 fully saturated rings. The summed E-state index contributed by atoms with van der Waals surface area (Å²) in [5, 5.41) is 21.4. The fourth-order valence-corrected chi connectivity index (χ4v) is 8.79. The van der Waals surface area contributed by atoms with Crippen molar-refractivity contribution in [1.29, 1.82) is 0 Å². The molecule has 72 heavy (non-hydrogen) atoms. The number of aromatic hydroxyl groups is 1. The fourth-order valence-electron chi connectivity index (χ4n) is 8.79. The van der Waals surface area contributed by atoms with Gasteiger partial charge in [-0.05, 0) is 137 Å². The zero-order chi connectivity index (χ0) is 52.5. The number of nitrogens with one attached hydrogen (secondary N) is 4. The molecule has 4 aromatic carbocycles. The quantitative estimate of drug-likeness (QED) is 0.0276. The molecule has 0 radical (unpaired) electrons. The van der Waals surface area contributed by atoms with Gasteiger partial charge in [-0.2, -0.15) is 0 Å². The number of hydrogen-bond acceptors (Lipinski definition) is 9. The normalized spacial score (nSPS) is 13.3. The van der Waals surface area contributed by atoms with Gasteiger partial charge in [-0.15, -0.1) is 0 Å². The number of rotatable bonds is 23. The highest BCUT2D eigenvalue weighted by Gasteiger charge is 2.32. The molecule has 392 valence electrons. The highest BCUT2D eigenvalue weighted by Crippen LogP contribution is 2.44. The van der Waals surface area contributed by atoms with Gasteiger partial charge in [0.15, 0.2) is 0 Å². The van der Waals surface area contributed by atoms with Crippen LogP contribution in [0.3, 0.4) is 0 Å². The fraction of sp³-hybridized carbons (Fsp3) is 0.500. The van der Waals surface area contributed by atoms with E-state index in [0.29, 0.717) is 38.0 Å². The summed E-state index contributed by atoms with van der Waals surface area (Å²) in [4.78, 5) is 53.3. The van der Waals surface area contributed by atoms with Crippen molar-refractivity contribution in [2.75, 3.05) is 19.7 Å². The van der Waals surface area contributed by atoms with E-state index in [0.717, 1.165) is 102 Å². The van der Waals surface area contributed by atoms with Crippen molar-refractivity contribution in [2.45, 2.75) is 175 Å². The molecule has 2 unspecified atom stereocenters. The molecule has 12 heteroatoms. The van der Waals surface area contributed by atoms with Gasteiger partial charge in [0, 0.05) is 18.2 Å². The lowest BCUT2D eigenvalue weighted by Gasteiger charge is -2.33. The molecule has 2 aliphatic carbocycles. The first-order valence-electron chi connectivity index (χ1n) is 26.5. The van der Waals surface area contributed by atoms with Crippen LogP contribution in [0.15, 0.2) is 108 Å². The van der Waals surface area contributed by atoms with Crippen molar-refractivity contribution in [3.63, 3.8) is 0 Å².